The molecule has 0 radical (unpaired) electrons. The molecule has 1 aromatic rings. The molecular formula is C14H23N3O2. The van der Waals surface area contributed by atoms with Crippen molar-refractivity contribution in [2.24, 2.45) is 5.92 Å². The molecule has 1 aromatic heterocycles. The van der Waals surface area contributed by atoms with Gasteiger partial charge in [0.25, 0.3) is 0 Å². The van der Waals surface area contributed by atoms with Gasteiger partial charge in [-0.15, -0.1) is 0 Å². The van der Waals surface area contributed by atoms with E-state index in [0.29, 0.717) is 5.92 Å². The molecule has 5 nitrogen and oxygen atoms in total. The van der Waals surface area contributed by atoms with Gasteiger partial charge in [0.15, 0.2) is 0 Å². The molecule has 2 heterocycles. The molecule has 2 rings (SSSR count). The maximum atomic E-state index is 12.2. The van der Waals surface area contributed by atoms with Crippen LogP contribution in [-0.2, 0) is 0 Å². The van der Waals surface area contributed by atoms with Crippen molar-refractivity contribution in [2.75, 3.05) is 13.1 Å². The first-order valence-corrected chi connectivity index (χ1v) is 7.05. The van der Waals surface area contributed by atoms with E-state index in [1.54, 1.807) is 0 Å². The average Bonchev–Trinajstić information content (AvgIpc) is 2.96. The predicted molar refractivity (Wildman–Crippen MR) is 72.8 cm³/mol. The van der Waals surface area contributed by atoms with E-state index in [1.165, 1.54) is 0 Å². The van der Waals surface area contributed by atoms with Crippen LogP contribution in [0.3, 0.4) is 0 Å². The summed E-state index contributed by atoms with van der Waals surface area (Å²) in [5.74, 6) is 1.40. The molecule has 1 aliphatic rings. The largest absolute Gasteiger partial charge is 0.361 e. The fourth-order valence-corrected chi connectivity index (χ4v) is 2.43. The van der Waals surface area contributed by atoms with Crippen LogP contribution >= 0.6 is 0 Å². The molecule has 1 aliphatic heterocycles. The molecule has 0 spiro atoms. The number of urea groups is 1. The minimum Gasteiger partial charge on any atom is -0.361 e. The number of carbonyl (C=O) groups excluding carboxylic acids is 1. The first kappa shape index (κ1) is 13.9. The molecule has 0 bridgehead atoms. The second kappa shape index (κ2) is 6.08. The summed E-state index contributed by atoms with van der Waals surface area (Å²) < 4.78 is 5.11. The maximum absolute atomic E-state index is 12.2. The minimum absolute atomic E-state index is 0.0174. The third-order valence-corrected chi connectivity index (χ3v) is 3.50. The average molecular weight is 265 g/mol. The summed E-state index contributed by atoms with van der Waals surface area (Å²) in [5, 5.41) is 7.03. The Kier molecular flexibility index (Phi) is 4.45. The van der Waals surface area contributed by atoms with E-state index < -0.39 is 0 Å². The van der Waals surface area contributed by atoms with Gasteiger partial charge in [0.1, 0.15) is 11.5 Å². The summed E-state index contributed by atoms with van der Waals surface area (Å²) >= 11 is 0. The van der Waals surface area contributed by atoms with Gasteiger partial charge in [0, 0.05) is 19.2 Å². The standard InChI is InChI=1S/C14H23N3O2/c1-10(2)6-7-15-14(18)17-8-4-5-13(17)12-9-11(3)19-16-12/h9-10,13H,4-8H2,1-3H3,(H,15,18). The number of hydrogen-bond acceptors (Lipinski definition) is 3. The summed E-state index contributed by atoms with van der Waals surface area (Å²) in [6.45, 7) is 7.71. The van der Waals surface area contributed by atoms with Crippen LogP contribution in [0.15, 0.2) is 10.6 Å². The van der Waals surface area contributed by atoms with E-state index in [1.807, 2.05) is 17.9 Å². The Hall–Kier alpha value is -1.52. The van der Waals surface area contributed by atoms with Gasteiger partial charge in [-0.2, -0.15) is 0 Å². The van der Waals surface area contributed by atoms with Crippen molar-refractivity contribution in [2.45, 2.75) is 46.1 Å². The van der Waals surface area contributed by atoms with Crippen molar-refractivity contribution in [3.05, 3.63) is 17.5 Å². The molecule has 1 fully saturated rings. The molecule has 1 saturated heterocycles. The lowest BCUT2D eigenvalue weighted by Gasteiger charge is -2.23. The molecule has 0 aliphatic carbocycles. The maximum Gasteiger partial charge on any atom is 0.317 e. The highest BCUT2D eigenvalue weighted by atomic mass is 16.5. The van der Waals surface area contributed by atoms with Crippen LogP contribution in [0.5, 0.6) is 0 Å². The number of likely N-dealkylation sites (tertiary alicyclic amines) is 1. The third-order valence-electron chi connectivity index (χ3n) is 3.50. The summed E-state index contributed by atoms with van der Waals surface area (Å²) in [6, 6.07) is 2.00. The van der Waals surface area contributed by atoms with Crippen molar-refractivity contribution < 1.29 is 9.32 Å². The van der Waals surface area contributed by atoms with Gasteiger partial charge in [0.2, 0.25) is 0 Å². The van der Waals surface area contributed by atoms with Crippen LogP contribution in [-0.4, -0.2) is 29.2 Å². The highest BCUT2D eigenvalue weighted by Gasteiger charge is 2.31. The van der Waals surface area contributed by atoms with Gasteiger partial charge < -0.3 is 14.7 Å². The van der Waals surface area contributed by atoms with Crippen molar-refractivity contribution in [1.82, 2.24) is 15.4 Å². The Morgan fingerprint density at radius 3 is 3.05 bits per heavy atom. The van der Waals surface area contributed by atoms with E-state index in [2.05, 4.69) is 24.3 Å². The Balaban J connectivity index is 1.93. The first-order valence-electron chi connectivity index (χ1n) is 7.05. The van der Waals surface area contributed by atoms with E-state index in [4.69, 9.17) is 4.52 Å². The number of hydrogen-bond donors (Lipinski definition) is 1. The lowest BCUT2D eigenvalue weighted by molar-refractivity contribution is 0.190. The predicted octanol–water partition coefficient (Wildman–Crippen LogP) is 2.88. The van der Waals surface area contributed by atoms with Gasteiger partial charge in [-0.05, 0) is 32.1 Å². The van der Waals surface area contributed by atoms with Gasteiger partial charge in [-0.1, -0.05) is 19.0 Å². The smallest absolute Gasteiger partial charge is 0.317 e. The zero-order valence-corrected chi connectivity index (χ0v) is 12.0. The minimum atomic E-state index is 0.0174. The lowest BCUT2D eigenvalue weighted by Crippen LogP contribution is -2.40. The number of rotatable bonds is 4. The van der Waals surface area contributed by atoms with Gasteiger partial charge in [0.05, 0.1) is 6.04 Å². The second-order valence-corrected chi connectivity index (χ2v) is 5.63. The SMILES string of the molecule is Cc1cc(C2CCCN2C(=O)NCCC(C)C)no1. The fourth-order valence-electron chi connectivity index (χ4n) is 2.43. The normalized spacial score (nSPS) is 19.2. The van der Waals surface area contributed by atoms with Crippen molar-refractivity contribution in [3.8, 4) is 0 Å². The van der Waals surface area contributed by atoms with Crippen LogP contribution in [0, 0.1) is 12.8 Å². The second-order valence-electron chi connectivity index (χ2n) is 5.63. The summed E-state index contributed by atoms with van der Waals surface area (Å²) in [5.41, 5.74) is 0.869. The van der Waals surface area contributed by atoms with Crippen molar-refractivity contribution in [1.29, 1.82) is 0 Å². The number of aryl methyl sites for hydroxylation is 1. The number of nitrogens with zero attached hydrogens (tertiary/aromatic N) is 2. The Bertz CT molecular complexity index is 428. The van der Waals surface area contributed by atoms with Gasteiger partial charge in [-0.3, -0.25) is 0 Å². The van der Waals surface area contributed by atoms with Crippen LogP contribution in [0.2, 0.25) is 0 Å². The molecular weight excluding hydrogens is 242 g/mol. The molecule has 19 heavy (non-hydrogen) atoms. The van der Waals surface area contributed by atoms with Crippen LogP contribution in [0.1, 0.15) is 50.6 Å². The highest BCUT2D eigenvalue weighted by molar-refractivity contribution is 5.75. The van der Waals surface area contributed by atoms with Crippen LogP contribution in [0.4, 0.5) is 4.79 Å². The van der Waals surface area contributed by atoms with Gasteiger partial charge >= 0.3 is 6.03 Å². The molecule has 2 amide bonds. The van der Waals surface area contributed by atoms with E-state index in [9.17, 15) is 4.79 Å². The monoisotopic (exact) mass is 265 g/mol. The summed E-state index contributed by atoms with van der Waals surface area (Å²) in [4.78, 5) is 14.0. The number of amides is 2. The van der Waals surface area contributed by atoms with Gasteiger partial charge in [-0.25, -0.2) is 4.79 Å². The van der Waals surface area contributed by atoms with E-state index >= 15 is 0 Å². The van der Waals surface area contributed by atoms with Crippen LogP contribution < -0.4 is 5.32 Å². The summed E-state index contributed by atoms with van der Waals surface area (Å²) in [6.07, 6.45) is 2.99. The van der Waals surface area contributed by atoms with Crippen molar-refractivity contribution in [3.63, 3.8) is 0 Å². The highest BCUT2D eigenvalue weighted by Crippen LogP contribution is 2.31. The first-order chi connectivity index (χ1) is 9.08. The molecule has 1 unspecified atom stereocenters. The molecule has 0 aromatic carbocycles. The number of carbonyl (C=O) groups is 1. The van der Waals surface area contributed by atoms with Crippen molar-refractivity contribution >= 4 is 6.03 Å². The zero-order chi connectivity index (χ0) is 13.8. The Labute approximate surface area is 114 Å². The Morgan fingerprint density at radius 2 is 2.42 bits per heavy atom. The quantitative estimate of drug-likeness (QED) is 0.910. The fraction of sp³-hybridized carbons (Fsp3) is 0.714. The molecule has 1 atom stereocenters. The topological polar surface area (TPSA) is 58.4 Å². The number of aromatic nitrogens is 1. The Morgan fingerprint density at radius 1 is 1.63 bits per heavy atom. The van der Waals surface area contributed by atoms with Crippen LogP contribution in [0.25, 0.3) is 0 Å². The lowest BCUT2D eigenvalue weighted by atomic mass is 10.1. The molecule has 0 saturated carbocycles. The number of nitrogens with one attached hydrogen (secondary N) is 1. The van der Waals surface area contributed by atoms with E-state index in [-0.39, 0.29) is 12.1 Å². The van der Waals surface area contributed by atoms with E-state index in [0.717, 1.165) is 43.8 Å². The molecule has 5 heteroatoms. The molecule has 1 N–H and O–H groups in total. The molecule has 106 valence electrons. The zero-order valence-electron chi connectivity index (χ0n) is 12.0. The third kappa shape index (κ3) is 3.49. The summed E-state index contributed by atoms with van der Waals surface area (Å²) in [7, 11) is 0.